The van der Waals surface area contributed by atoms with E-state index < -0.39 is 95.3 Å². The Labute approximate surface area is 194 Å². The highest BCUT2D eigenvalue weighted by Gasteiger charge is 2.84. The fourth-order valence-electron chi connectivity index (χ4n) is 2.82. The van der Waals surface area contributed by atoms with Crippen LogP contribution >= 0.6 is 0 Å². The van der Waals surface area contributed by atoms with E-state index in [9.17, 15) is 84.1 Å². The van der Waals surface area contributed by atoms with Gasteiger partial charge in [-0.15, -0.1) is 0 Å². The van der Waals surface area contributed by atoms with Crippen LogP contribution in [0.4, 0.5) is 79.0 Å². The quantitative estimate of drug-likeness (QED) is 0.258. The molecule has 1 unspecified atom stereocenters. The number of hydrogen-bond acceptors (Lipinski definition) is 0. The van der Waals surface area contributed by atoms with Gasteiger partial charge in [0.1, 0.15) is 6.10 Å². The van der Waals surface area contributed by atoms with E-state index in [1.807, 2.05) is 0 Å². The fraction of sp³-hybridized carbons (Fsp3) is 0.667. The van der Waals surface area contributed by atoms with Crippen molar-refractivity contribution in [1.29, 1.82) is 0 Å². The first-order valence-electron chi connectivity index (χ1n) is 9.28. The van der Waals surface area contributed by atoms with Crippen molar-refractivity contribution >= 4 is 0 Å². The van der Waals surface area contributed by atoms with E-state index >= 15 is 0 Å². The summed E-state index contributed by atoms with van der Waals surface area (Å²) in [5.74, 6) is -44.3. The minimum Gasteiger partial charge on any atom is -0.228 e. The number of alkyl halides is 18. The average molecular weight is 585 g/mol. The first-order chi connectivity index (χ1) is 16.1. The Hall–Kier alpha value is -2.08. The molecule has 0 aromatic heterocycles. The van der Waals surface area contributed by atoms with Crippen LogP contribution in [0.5, 0.6) is 0 Å². The van der Waals surface area contributed by atoms with Gasteiger partial charge >= 0.3 is 47.9 Å². The number of benzene rings is 1. The Balaban J connectivity index is 4.03. The summed E-state index contributed by atoms with van der Waals surface area (Å²) in [6, 6.07) is -2.55. The fourth-order valence-corrected chi connectivity index (χ4v) is 2.82. The molecule has 0 N–H and O–H groups in total. The lowest BCUT2D eigenvalue weighted by Crippen LogP contribution is -2.60. The molecular weight excluding hydrogens is 574 g/mol. The van der Waals surface area contributed by atoms with E-state index in [0.717, 1.165) is 6.92 Å². The predicted octanol–water partition coefficient (Wildman–Crippen LogP) is 8.81. The summed E-state index contributed by atoms with van der Waals surface area (Å²) < 4.78 is 239. The molecule has 19 heteroatoms. The topological polar surface area (TPSA) is 19.9 Å². The smallest absolute Gasteiger partial charge is 0.228 e. The third-order valence-corrected chi connectivity index (χ3v) is 4.94. The lowest BCUT2D eigenvalue weighted by atomic mass is 9.86. The first kappa shape index (κ1) is 32.9. The largest absolute Gasteiger partial charge is 0.460 e. The standard InChI is InChI=1S/C18H11F18O/c1-2-3-10(37)8-5-4-7(11(19,20)13(23,24)15(27,28)17(31,32)33)6-9(8)12(21,22)14(25,26)16(29,30)18(34,35)36/h4-6,10H,2-3H2,1H3. The van der Waals surface area contributed by atoms with Gasteiger partial charge in [-0.3, -0.25) is 0 Å². The molecule has 1 radical (unpaired) electrons. The van der Waals surface area contributed by atoms with Gasteiger partial charge in [0.2, 0.25) is 0 Å². The van der Waals surface area contributed by atoms with Crippen LogP contribution < -0.4 is 0 Å². The Morgan fingerprint density at radius 1 is 0.595 bits per heavy atom. The van der Waals surface area contributed by atoms with Crippen molar-refractivity contribution in [2.45, 2.75) is 73.8 Å². The van der Waals surface area contributed by atoms with Gasteiger partial charge in [-0.25, -0.2) is 5.11 Å². The SMILES string of the molecule is CCCC([O])c1ccc(C(F)(F)C(F)(F)C(F)(F)C(F)(F)F)cc1C(F)(F)C(F)(F)C(F)(F)C(F)(F)F. The van der Waals surface area contributed by atoms with Crippen LogP contribution in [0, 0.1) is 0 Å². The summed E-state index contributed by atoms with van der Waals surface area (Å²) in [5.41, 5.74) is -8.14. The van der Waals surface area contributed by atoms with Gasteiger partial charge in [-0.1, -0.05) is 25.5 Å². The van der Waals surface area contributed by atoms with Crippen molar-refractivity contribution < 1.29 is 84.1 Å². The molecule has 215 valence electrons. The third-order valence-electron chi connectivity index (χ3n) is 4.94. The van der Waals surface area contributed by atoms with Gasteiger partial charge < -0.3 is 0 Å². The molecule has 1 aromatic rings. The second-order valence-corrected chi connectivity index (χ2v) is 7.52. The lowest BCUT2D eigenvalue weighted by Gasteiger charge is -2.36. The maximum absolute atomic E-state index is 14.5. The first-order valence-corrected chi connectivity index (χ1v) is 9.28. The van der Waals surface area contributed by atoms with E-state index in [-0.39, 0.29) is 6.42 Å². The molecule has 0 saturated heterocycles. The maximum atomic E-state index is 14.5. The van der Waals surface area contributed by atoms with E-state index in [4.69, 9.17) is 0 Å². The molecule has 0 aliphatic rings. The van der Waals surface area contributed by atoms with Gasteiger partial charge in [0, 0.05) is 11.1 Å². The molecule has 37 heavy (non-hydrogen) atoms. The van der Waals surface area contributed by atoms with Gasteiger partial charge in [-0.2, -0.15) is 79.0 Å². The molecule has 0 heterocycles. The molecule has 0 bridgehead atoms. The van der Waals surface area contributed by atoms with Crippen LogP contribution in [0.1, 0.15) is 42.6 Å². The number of halogens is 18. The zero-order valence-corrected chi connectivity index (χ0v) is 17.4. The van der Waals surface area contributed by atoms with Gasteiger partial charge in [0.25, 0.3) is 0 Å². The van der Waals surface area contributed by atoms with E-state index in [2.05, 4.69) is 0 Å². The second kappa shape index (κ2) is 9.29. The summed E-state index contributed by atoms with van der Waals surface area (Å²) in [6.07, 6.45) is -18.9. The molecule has 1 atom stereocenters. The average Bonchev–Trinajstić information content (AvgIpc) is 2.71. The summed E-state index contributed by atoms with van der Waals surface area (Å²) in [7, 11) is 0. The molecule has 0 aliphatic carbocycles. The minimum absolute atomic E-state index is 0.345. The lowest BCUT2D eigenvalue weighted by molar-refractivity contribution is -0.400. The van der Waals surface area contributed by atoms with Gasteiger partial charge in [-0.05, 0) is 18.1 Å². The molecule has 0 amide bonds. The molecule has 1 nitrogen and oxygen atoms in total. The van der Waals surface area contributed by atoms with Crippen LogP contribution in [0.3, 0.4) is 0 Å². The van der Waals surface area contributed by atoms with Gasteiger partial charge in [0.05, 0.1) is 0 Å². The number of hydrogen-bond donors (Lipinski definition) is 0. The number of rotatable bonds is 9. The van der Waals surface area contributed by atoms with Crippen molar-refractivity contribution in [2.24, 2.45) is 0 Å². The van der Waals surface area contributed by atoms with Crippen LogP contribution in [0.15, 0.2) is 18.2 Å². The van der Waals surface area contributed by atoms with Crippen LogP contribution in [-0.2, 0) is 17.0 Å². The molecular formula is C18H11F18O. The summed E-state index contributed by atoms with van der Waals surface area (Å²) >= 11 is 0. The Morgan fingerprint density at radius 2 is 0.973 bits per heavy atom. The van der Waals surface area contributed by atoms with E-state index in [1.165, 1.54) is 0 Å². The van der Waals surface area contributed by atoms with Gasteiger partial charge in [0.15, 0.2) is 0 Å². The highest BCUT2D eigenvalue weighted by Crippen LogP contribution is 2.60. The molecule has 0 saturated carbocycles. The summed E-state index contributed by atoms with van der Waals surface area (Å²) in [5, 5.41) is 12.0. The van der Waals surface area contributed by atoms with Crippen molar-refractivity contribution in [3.63, 3.8) is 0 Å². The molecule has 1 aromatic carbocycles. The van der Waals surface area contributed by atoms with Crippen LogP contribution in [0.2, 0.25) is 0 Å². The third kappa shape index (κ3) is 4.91. The van der Waals surface area contributed by atoms with E-state index in [0.29, 0.717) is 0 Å². The summed E-state index contributed by atoms with van der Waals surface area (Å²) in [4.78, 5) is 0. The van der Waals surface area contributed by atoms with Crippen molar-refractivity contribution in [3.05, 3.63) is 34.9 Å². The normalized spacial score (nSPS) is 16.2. The second-order valence-electron chi connectivity index (χ2n) is 7.52. The Bertz CT molecular complexity index is 958. The summed E-state index contributed by atoms with van der Waals surface area (Å²) in [6.45, 7) is 1.11. The van der Waals surface area contributed by atoms with Crippen LogP contribution in [-0.4, -0.2) is 36.0 Å². The monoisotopic (exact) mass is 585 g/mol. The molecule has 0 fully saturated rings. The Morgan fingerprint density at radius 3 is 1.32 bits per heavy atom. The van der Waals surface area contributed by atoms with Crippen LogP contribution in [0.25, 0.3) is 0 Å². The zero-order valence-electron chi connectivity index (χ0n) is 17.4. The zero-order chi connectivity index (χ0) is 29.8. The Kier molecular flexibility index (Phi) is 8.27. The van der Waals surface area contributed by atoms with Crippen molar-refractivity contribution in [3.8, 4) is 0 Å². The highest BCUT2D eigenvalue weighted by atomic mass is 19.4. The maximum Gasteiger partial charge on any atom is 0.460 e. The molecule has 0 spiro atoms. The molecule has 1 rings (SSSR count). The highest BCUT2D eigenvalue weighted by molar-refractivity contribution is 5.41. The predicted molar refractivity (Wildman–Crippen MR) is 84.5 cm³/mol. The minimum atomic E-state index is -7.66. The van der Waals surface area contributed by atoms with Crippen molar-refractivity contribution in [1.82, 2.24) is 0 Å². The van der Waals surface area contributed by atoms with Crippen molar-refractivity contribution in [2.75, 3.05) is 0 Å². The molecule has 0 aliphatic heterocycles. The van der Waals surface area contributed by atoms with E-state index in [1.54, 1.807) is 0 Å².